The van der Waals surface area contributed by atoms with Crippen molar-refractivity contribution in [2.75, 3.05) is 13.1 Å². The first-order valence-corrected chi connectivity index (χ1v) is 9.18. The summed E-state index contributed by atoms with van der Waals surface area (Å²) in [5, 5.41) is 0. The number of aryl methyl sites for hydroxylation is 1. The van der Waals surface area contributed by atoms with Crippen LogP contribution in [0.2, 0.25) is 0 Å². The average Bonchev–Trinajstić information content (AvgIpc) is 2.97. The number of thiophene rings is 1. The van der Waals surface area contributed by atoms with E-state index in [-0.39, 0.29) is 17.8 Å². The second kappa shape index (κ2) is 7.03. The largest absolute Gasteiger partial charge is 0.338 e. The predicted octanol–water partition coefficient (Wildman–Crippen LogP) is 4.06. The minimum Gasteiger partial charge on any atom is -0.338 e. The Balaban J connectivity index is 1.81. The molecule has 5 heteroatoms. The topological polar surface area (TPSA) is 46.3 Å². The van der Waals surface area contributed by atoms with Gasteiger partial charge in [0, 0.05) is 24.0 Å². The van der Waals surface area contributed by atoms with Crippen LogP contribution in [-0.2, 0) is 0 Å². The number of piperidine rings is 1. The first-order valence-electron chi connectivity index (χ1n) is 8.37. The van der Waals surface area contributed by atoms with Crippen molar-refractivity contribution in [2.45, 2.75) is 32.7 Å². The van der Waals surface area contributed by atoms with E-state index < -0.39 is 0 Å². The molecule has 1 aliphatic heterocycles. The number of nitrogens with two attached hydrogens (primary N) is 1. The van der Waals surface area contributed by atoms with E-state index in [1.807, 2.05) is 24.8 Å². The molecule has 128 valence electrons. The van der Waals surface area contributed by atoms with Crippen LogP contribution >= 0.6 is 11.3 Å². The first kappa shape index (κ1) is 17.1. The van der Waals surface area contributed by atoms with Crippen molar-refractivity contribution in [1.82, 2.24) is 4.90 Å². The van der Waals surface area contributed by atoms with Crippen LogP contribution in [0.15, 0.2) is 30.3 Å². The lowest BCUT2D eigenvalue weighted by Gasteiger charge is -2.34. The van der Waals surface area contributed by atoms with Gasteiger partial charge in [-0.25, -0.2) is 4.39 Å². The Bertz CT molecular complexity index is 723. The second-order valence-electron chi connectivity index (χ2n) is 6.60. The van der Waals surface area contributed by atoms with Crippen LogP contribution in [0.25, 0.3) is 11.1 Å². The van der Waals surface area contributed by atoms with Gasteiger partial charge >= 0.3 is 0 Å². The number of likely N-dealkylation sites (tertiary alicyclic amines) is 1. The molecule has 24 heavy (non-hydrogen) atoms. The molecule has 2 unspecified atom stereocenters. The van der Waals surface area contributed by atoms with E-state index in [0.29, 0.717) is 5.92 Å². The molecular weight excluding hydrogens is 323 g/mol. The Labute approximate surface area is 146 Å². The summed E-state index contributed by atoms with van der Waals surface area (Å²) in [6.45, 7) is 5.55. The molecule has 2 atom stereocenters. The minimum absolute atomic E-state index is 0.0850. The van der Waals surface area contributed by atoms with E-state index in [4.69, 9.17) is 5.73 Å². The summed E-state index contributed by atoms with van der Waals surface area (Å²) >= 11 is 1.51. The first-order chi connectivity index (χ1) is 11.5. The number of rotatable bonds is 3. The Kier molecular flexibility index (Phi) is 5.01. The van der Waals surface area contributed by atoms with Crippen LogP contribution in [0.5, 0.6) is 0 Å². The van der Waals surface area contributed by atoms with Crippen LogP contribution in [0.4, 0.5) is 4.39 Å². The highest BCUT2D eigenvalue weighted by atomic mass is 32.1. The molecular formula is C19H23FN2OS. The maximum atomic E-state index is 13.1. The number of hydrogen-bond donors (Lipinski definition) is 1. The van der Waals surface area contributed by atoms with Crippen molar-refractivity contribution < 1.29 is 9.18 Å². The van der Waals surface area contributed by atoms with Gasteiger partial charge in [-0.1, -0.05) is 12.1 Å². The lowest BCUT2D eigenvalue weighted by atomic mass is 9.92. The number of amides is 1. The molecule has 2 N–H and O–H groups in total. The fourth-order valence-electron chi connectivity index (χ4n) is 3.28. The molecule has 1 aromatic carbocycles. The zero-order chi connectivity index (χ0) is 17.3. The summed E-state index contributed by atoms with van der Waals surface area (Å²) in [6, 6.07) is 8.46. The summed E-state index contributed by atoms with van der Waals surface area (Å²) in [5.74, 6) is 0.209. The standard InChI is InChI=1S/C19H23FN2OS/c1-12(21)15-4-3-9-22(11-15)19(23)18-10-17(13(2)24-18)14-5-7-16(20)8-6-14/h5-8,10,12,15H,3-4,9,11,21H2,1-2H3. The molecule has 0 radical (unpaired) electrons. The lowest BCUT2D eigenvalue weighted by molar-refractivity contribution is 0.0666. The highest BCUT2D eigenvalue weighted by Gasteiger charge is 2.27. The number of carbonyl (C=O) groups excluding carboxylic acids is 1. The highest BCUT2D eigenvalue weighted by Crippen LogP contribution is 2.32. The SMILES string of the molecule is Cc1sc(C(=O)N2CCCC(C(C)N)C2)cc1-c1ccc(F)cc1. The van der Waals surface area contributed by atoms with E-state index >= 15 is 0 Å². The molecule has 1 aromatic heterocycles. The molecule has 1 fully saturated rings. The molecule has 0 spiro atoms. The summed E-state index contributed by atoms with van der Waals surface area (Å²) in [4.78, 5) is 16.6. The van der Waals surface area contributed by atoms with Crippen LogP contribution in [0.1, 0.15) is 34.3 Å². The number of nitrogens with zero attached hydrogens (tertiary/aromatic N) is 1. The molecule has 0 aliphatic carbocycles. The summed E-state index contributed by atoms with van der Waals surface area (Å²) < 4.78 is 13.1. The summed E-state index contributed by atoms with van der Waals surface area (Å²) in [5.41, 5.74) is 7.96. The number of halogens is 1. The summed E-state index contributed by atoms with van der Waals surface area (Å²) in [7, 11) is 0. The third kappa shape index (κ3) is 3.52. The van der Waals surface area contributed by atoms with Crippen molar-refractivity contribution >= 4 is 17.2 Å². The monoisotopic (exact) mass is 346 g/mol. The number of benzene rings is 1. The smallest absolute Gasteiger partial charge is 0.263 e. The molecule has 3 nitrogen and oxygen atoms in total. The Hall–Kier alpha value is -1.72. The molecule has 1 saturated heterocycles. The molecule has 3 rings (SSSR count). The van der Waals surface area contributed by atoms with E-state index in [0.717, 1.165) is 46.8 Å². The van der Waals surface area contributed by atoms with Crippen molar-refractivity contribution in [3.05, 3.63) is 45.9 Å². The Morgan fingerprint density at radius 2 is 2.08 bits per heavy atom. The lowest BCUT2D eigenvalue weighted by Crippen LogP contribution is -2.44. The molecule has 2 aromatic rings. The highest BCUT2D eigenvalue weighted by molar-refractivity contribution is 7.14. The second-order valence-corrected chi connectivity index (χ2v) is 7.86. The Morgan fingerprint density at radius 1 is 1.38 bits per heavy atom. The van der Waals surface area contributed by atoms with Gasteiger partial charge in [-0.2, -0.15) is 0 Å². The zero-order valence-electron chi connectivity index (χ0n) is 14.1. The Morgan fingerprint density at radius 3 is 2.75 bits per heavy atom. The van der Waals surface area contributed by atoms with Crippen LogP contribution in [-0.4, -0.2) is 29.9 Å². The normalized spacial score (nSPS) is 19.3. The third-order valence-corrected chi connectivity index (χ3v) is 5.81. The van der Waals surface area contributed by atoms with Crippen molar-refractivity contribution in [2.24, 2.45) is 11.7 Å². The maximum absolute atomic E-state index is 13.1. The van der Waals surface area contributed by atoms with Crippen molar-refractivity contribution in [3.63, 3.8) is 0 Å². The fraction of sp³-hybridized carbons (Fsp3) is 0.421. The fourth-order valence-corrected chi connectivity index (χ4v) is 4.29. The zero-order valence-corrected chi connectivity index (χ0v) is 14.9. The van der Waals surface area contributed by atoms with Gasteiger partial charge in [0.15, 0.2) is 0 Å². The van der Waals surface area contributed by atoms with Gasteiger partial charge in [-0.3, -0.25) is 4.79 Å². The van der Waals surface area contributed by atoms with E-state index in [9.17, 15) is 9.18 Å². The van der Waals surface area contributed by atoms with E-state index in [1.54, 1.807) is 12.1 Å². The van der Waals surface area contributed by atoms with Crippen LogP contribution in [0.3, 0.4) is 0 Å². The van der Waals surface area contributed by atoms with Gasteiger partial charge < -0.3 is 10.6 Å². The van der Waals surface area contributed by atoms with Crippen LogP contribution in [0, 0.1) is 18.7 Å². The van der Waals surface area contributed by atoms with Gasteiger partial charge in [0.25, 0.3) is 5.91 Å². The van der Waals surface area contributed by atoms with Gasteiger partial charge in [-0.15, -0.1) is 11.3 Å². The van der Waals surface area contributed by atoms with E-state index in [1.165, 1.54) is 23.5 Å². The molecule has 0 saturated carbocycles. The molecule has 2 heterocycles. The van der Waals surface area contributed by atoms with Crippen molar-refractivity contribution in [3.8, 4) is 11.1 Å². The van der Waals surface area contributed by atoms with Crippen molar-refractivity contribution in [1.29, 1.82) is 0 Å². The predicted molar refractivity (Wildman–Crippen MR) is 96.7 cm³/mol. The molecule has 0 bridgehead atoms. The van der Waals surface area contributed by atoms with Gasteiger partial charge in [0.05, 0.1) is 4.88 Å². The van der Waals surface area contributed by atoms with Gasteiger partial charge in [0.1, 0.15) is 5.82 Å². The van der Waals surface area contributed by atoms with Gasteiger partial charge in [0.2, 0.25) is 0 Å². The molecule has 1 aliphatic rings. The average molecular weight is 346 g/mol. The molecule has 1 amide bonds. The minimum atomic E-state index is -0.252. The van der Waals surface area contributed by atoms with Crippen LogP contribution < -0.4 is 5.73 Å². The number of carbonyl (C=O) groups is 1. The van der Waals surface area contributed by atoms with E-state index in [2.05, 4.69) is 0 Å². The third-order valence-electron chi connectivity index (χ3n) is 4.77. The quantitative estimate of drug-likeness (QED) is 0.911. The van der Waals surface area contributed by atoms with Gasteiger partial charge in [-0.05, 0) is 61.9 Å². The maximum Gasteiger partial charge on any atom is 0.263 e. The number of hydrogen-bond acceptors (Lipinski definition) is 3. The summed E-state index contributed by atoms with van der Waals surface area (Å²) in [6.07, 6.45) is 2.10.